The highest BCUT2D eigenvalue weighted by Gasteiger charge is 2.30. The van der Waals surface area contributed by atoms with E-state index in [-0.39, 0.29) is 29.9 Å². The SMILES string of the molecule is Cl.O=C(NC1CCN(c2nnc(-c3ccccc3)c3ccccc23)CC1)c1ccc(C(F)(F)F)cc1. The van der Waals surface area contributed by atoms with Crippen LogP contribution in [0.3, 0.4) is 0 Å². The number of carbonyl (C=O) groups excluding carboxylic acids is 1. The molecule has 5 rings (SSSR count). The zero-order valence-corrected chi connectivity index (χ0v) is 20.0. The van der Waals surface area contributed by atoms with Gasteiger partial charge in [0.1, 0.15) is 5.69 Å². The lowest BCUT2D eigenvalue weighted by atomic mass is 10.0. The van der Waals surface area contributed by atoms with Crippen LogP contribution >= 0.6 is 12.4 Å². The summed E-state index contributed by atoms with van der Waals surface area (Å²) in [7, 11) is 0. The van der Waals surface area contributed by atoms with Crippen molar-refractivity contribution in [1.29, 1.82) is 0 Å². The number of anilines is 1. The Hall–Kier alpha value is -3.65. The number of hydrogen-bond acceptors (Lipinski definition) is 4. The van der Waals surface area contributed by atoms with Gasteiger partial charge in [-0.2, -0.15) is 13.2 Å². The van der Waals surface area contributed by atoms with E-state index in [0.29, 0.717) is 25.9 Å². The molecule has 1 aliphatic rings. The Morgan fingerprint density at radius 3 is 2.08 bits per heavy atom. The molecular formula is C27H24ClF3N4O. The Balaban J connectivity index is 0.00000304. The van der Waals surface area contributed by atoms with Gasteiger partial charge in [0.15, 0.2) is 5.82 Å². The minimum absolute atomic E-state index is 0. The highest BCUT2D eigenvalue weighted by atomic mass is 35.5. The molecule has 9 heteroatoms. The molecule has 1 amide bonds. The Labute approximate surface area is 212 Å². The van der Waals surface area contributed by atoms with Gasteiger partial charge in [0.25, 0.3) is 5.91 Å². The van der Waals surface area contributed by atoms with Crippen molar-refractivity contribution in [1.82, 2.24) is 15.5 Å². The molecule has 3 aromatic carbocycles. The second-order valence-corrected chi connectivity index (χ2v) is 8.59. The molecule has 0 saturated carbocycles. The zero-order chi connectivity index (χ0) is 24.4. The van der Waals surface area contributed by atoms with Crippen LogP contribution in [0.5, 0.6) is 0 Å². The van der Waals surface area contributed by atoms with Crippen molar-refractivity contribution in [3.05, 3.63) is 90.0 Å². The lowest BCUT2D eigenvalue weighted by Gasteiger charge is -2.33. The van der Waals surface area contributed by atoms with E-state index in [9.17, 15) is 18.0 Å². The van der Waals surface area contributed by atoms with Gasteiger partial charge in [-0.3, -0.25) is 4.79 Å². The number of amides is 1. The van der Waals surface area contributed by atoms with Crippen LogP contribution < -0.4 is 10.2 Å². The van der Waals surface area contributed by atoms with Crippen LogP contribution in [0, 0.1) is 0 Å². The van der Waals surface area contributed by atoms with Gasteiger partial charge < -0.3 is 10.2 Å². The van der Waals surface area contributed by atoms with E-state index in [1.807, 2.05) is 54.6 Å². The number of carbonyl (C=O) groups is 1. The van der Waals surface area contributed by atoms with Crippen molar-refractivity contribution in [2.24, 2.45) is 0 Å². The van der Waals surface area contributed by atoms with Crippen LogP contribution in [0.2, 0.25) is 0 Å². The highest BCUT2D eigenvalue weighted by molar-refractivity contribution is 6.00. The number of nitrogens with zero attached hydrogens (tertiary/aromatic N) is 3. The summed E-state index contributed by atoms with van der Waals surface area (Å²) in [4.78, 5) is 14.7. The number of aromatic nitrogens is 2. The van der Waals surface area contributed by atoms with E-state index in [1.54, 1.807) is 0 Å². The monoisotopic (exact) mass is 512 g/mol. The predicted molar refractivity (Wildman–Crippen MR) is 136 cm³/mol. The molecule has 186 valence electrons. The molecule has 4 aromatic rings. The van der Waals surface area contributed by atoms with Gasteiger partial charge in [0, 0.05) is 41.0 Å². The Bertz CT molecular complexity index is 1340. The smallest absolute Gasteiger partial charge is 0.354 e. The fourth-order valence-corrected chi connectivity index (χ4v) is 4.45. The first-order valence-electron chi connectivity index (χ1n) is 11.4. The molecule has 36 heavy (non-hydrogen) atoms. The van der Waals surface area contributed by atoms with Crippen LogP contribution in [-0.2, 0) is 6.18 Å². The van der Waals surface area contributed by atoms with Gasteiger partial charge in [-0.1, -0.05) is 54.6 Å². The zero-order valence-electron chi connectivity index (χ0n) is 19.2. The van der Waals surface area contributed by atoms with E-state index in [0.717, 1.165) is 40.0 Å². The average molecular weight is 513 g/mol. The maximum absolute atomic E-state index is 12.8. The van der Waals surface area contributed by atoms with Crippen LogP contribution in [0.4, 0.5) is 19.0 Å². The highest BCUT2D eigenvalue weighted by Crippen LogP contribution is 2.32. The van der Waals surface area contributed by atoms with Crippen molar-refractivity contribution in [3.63, 3.8) is 0 Å². The molecule has 1 fully saturated rings. The van der Waals surface area contributed by atoms with Gasteiger partial charge >= 0.3 is 6.18 Å². The van der Waals surface area contributed by atoms with Gasteiger partial charge in [-0.15, -0.1) is 22.6 Å². The van der Waals surface area contributed by atoms with E-state index < -0.39 is 11.7 Å². The van der Waals surface area contributed by atoms with Gasteiger partial charge in [-0.25, -0.2) is 0 Å². The van der Waals surface area contributed by atoms with Crippen molar-refractivity contribution < 1.29 is 18.0 Å². The molecule has 0 aliphatic carbocycles. The summed E-state index contributed by atoms with van der Waals surface area (Å²) >= 11 is 0. The Morgan fingerprint density at radius 1 is 0.833 bits per heavy atom. The minimum atomic E-state index is -4.42. The Kier molecular flexibility index (Phi) is 7.45. The van der Waals surface area contributed by atoms with Crippen LogP contribution in [0.25, 0.3) is 22.0 Å². The number of nitrogens with one attached hydrogen (secondary N) is 1. The molecule has 0 atom stereocenters. The normalized spacial score (nSPS) is 14.4. The second kappa shape index (κ2) is 10.5. The van der Waals surface area contributed by atoms with Gasteiger partial charge in [-0.05, 0) is 37.1 Å². The molecule has 0 spiro atoms. The van der Waals surface area contributed by atoms with Crippen LogP contribution in [-0.4, -0.2) is 35.2 Å². The summed E-state index contributed by atoms with van der Waals surface area (Å²) in [5.41, 5.74) is 1.29. The summed E-state index contributed by atoms with van der Waals surface area (Å²) in [6.07, 6.45) is -3.03. The third kappa shape index (κ3) is 5.28. The number of benzene rings is 3. The second-order valence-electron chi connectivity index (χ2n) is 8.59. The van der Waals surface area contributed by atoms with Crippen molar-refractivity contribution in [2.75, 3.05) is 18.0 Å². The molecule has 1 N–H and O–H groups in total. The average Bonchev–Trinajstić information content (AvgIpc) is 2.89. The third-order valence-corrected chi connectivity index (χ3v) is 6.32. The fourth-order valence-electron chi connectivity index (χ4n) is 4.45. The maximum atomic E-state index is 12.8. The number of halogens is 4. The van der Waals surface area contributed by atoms with Crippen molar-refractivity contribution in [2.45, 2.75) is 25.1 Å². The molecule has 5 nitrogen and oxygen atoms in total. The molecule has 1 saturated heterocycles. The molecule has 0 unspecified atom stereocenters. The summed E-state index contributed by atoms with van der Waals surface area (Å²) in [6, 6.07) is 22.2. The topological polar surface area (TPSA) is 58.1 Å². The summed E-state index contributed by atoms with van der Waals surface area (Å²) in [5.74, 6) is 0.447. The first-order chi connectivity index (χ1) is 16.9. The van der Waals surface area contributed by atoms with Crippen molar-refractivity contribution >= 4 is 34.9 Å². The summed E-state index contributed by atoms with van der Waals surface area (Å²) in [5, 5.41) is 14.1. The quantitative estimate of drug-likeness (QED) is 0.357. The summed E-state index contributed by atoms with van der Waals surface area (Å²) < 4.78 is 38.3. The lowest BCUT2D eigenvalue weighted by Crippen LogP contribution is -2.45. The van der Waals surface area contributed by atoms with E-state index in [1.165, 1.54) is 12.1 Å². The van der Waals surface area contributed by atoms with Gasteiger partial charge in [0.2, 0.25) is 0 Å². The van der Waals surface area contributed by atoms with E-state index in [4.69, 9.17) is 0 Å². The third-order valence-electron chi connectivity index (χ3n) is 6.32. The molecule has 2 heterocycles. The van der Waals surface area contributed by atoms with Crippen molar-refractivity contribution in [3.8, 4) is 11.3 Å². The number of hydrogen-bond donors (Lipinski definition) is 1. The number of fused-ring (bicyclic) bond motifs is 1. The molecule has 1 aromatic heterocycles. The standard InChI is InChI=1S/C27H23F3N4O.ClH/c28-27(29,30)20-12-10-19(11-13-20)26(35)31-21-14-16-34(17-15-21)25-23-9-5-4-8-22(23)24(32-33-25)18-6-2-1-3-7-18;/h1-13,21H,14-17H2,(H,31,35);1H. The molecule has 1 aliphatic heterocycles. The minimum Gasteiger partial charge on any atom is -0.354 e. The van der Waals surface area contributed by atoms with E-state index >= 15 is 0 Å². The van der Waals surface area contributed by atoms with Crippen LogP contribution in [0.1, 0.15) is 28.8 Å². The predicted octanol–water partition coefficient (Wildman–Crippen LogP) is 6.14. The fraction of sp³-hybridized carbons (Fsp3) is 0.222. The maximum Gasteiger partial charge on any atom is 0.416 e. The first-order valence-corrected chi connectivity index (χ1v) is 11.4. The van der Waals surface area contributed by atoms with Gasteiger partial charge in [0.05, 0.1) is 5.56 Å². The molecule has 0 radical (unpaired) electrons. The number of rotatable bonds is 4. The Morgan fingerprint density at radius 2 is 1.44 bits per heavy atom. The first kappa shape index (κ1) is 25.4. The number of piperidine rings is 1. The van der Waals surface area contributed by atoms with E-state index in [2.05, 4.69) is 20.4 Å². The largest absolute Gasteiger partial charge is 0.416 e. The molecular weight excluding hydrogens is 489 g/mol. The number of alkyl halides is 3. The lowest BCUT2D eigenvalue weighted by molar-refractivity contribution is -0.137. The molecule has 0 bridgehead atoms. The van der Waals surface area contributed by atoms with Crippen LogP contribution in [0.15, 0.2) is 78.9 Å². The summed E-state index contributed by atoms with van der Waals surface area (Å²) in [6.45, 7) is 1.36.